The van der Waals surface area contributed by atoms with Crippen LogP contribution in [0.2, 0.25) is 0 Å². The molecule has 2 aromatic carbocycles. The molecule has 12 nitrogen and oxygen atoms in total. The molecule has 0 radical (unpaired) electrons. The third kappa shape index (κ3) is 8.63. The van der Waals surface area contributed by atoms with Gasteiger partial charge < -0.3 is 9.30 Å². The van der Waals surface area contributed by atoms with E-state index in [4.69, 9.17) is 9.72 Å². The molecule has 4 aromatic rings. The van der Waals surface area contributed by atoms with Crippen molar-refractivity contribution in [1.29, 1.82) is 10.5 Å². The maximum atomic E-state index is 14.8. The molecule has 55 heavy (non-hydrogen) atoms. The minimum absolute atomic E-state index is 0.0115. The molecule has 0 saturated carbocycles. The van der Waals surface area contributed by atoms with Gasteiger partial charge in [0.05, 0.1) is 29.8 Å². The first-order chi connectivity index (χ1) is 26.1. The molecule has 0 bridgehead atoms. The Labute approximate surface area is 317 Å². The fraction of sp³-hybridized carbons (Fsp3) is 0.425. The van der Waals surface area contributed by atoms with Gasteiger partial charge in [0.2, 0.25) is 0 Å². The molecule has 2 aliphatic heterocycles. The number of pyridine rings is 1. The van der Waals surface area contributed by atoms with E-state index < -0.39 is 35.9 Å². The van der Waals surface area contributed by atoms with Gasteiger partial charge in [-0.15, -0.1) is 10.2 Å². The van der Waals surface area contributed by atoms with Crippen molar-refractivity contribution in [2.45, 2.75) is 78.2 Å². The van der Waals surface area contributed by atoms with E-state index in [-0.39, 0.29) is 48.7 Å². The summed E-state index contributed by atoms with van der Waals surface area (Å²) >= 11 is 0. The molecule has 0 N–H and O–H groups in total. The Bertz CT molecular complexity index is 2200. The van der Waals surface area contributed by atoms with E-state index in [0.29, 0.717) is 39.6 Å². The van der Waals surface area contributed by atoms with E-state index in [2.05, 4.69) is 34.2 Å². The van der Waals surface area contributed by atoms with Gasteiger partial charge in [-0.05, 0) is 117 Å². The Hall–Kier alpha value is -5.80. The molecule has 4 heterocycles. The van der Waals surface area contributed by atoms with E-state index in [1.807, 2.05) is 0 Å². The lowest BCUT2D eigenvalue weighted by atomic mass is 9.96. The summed E-state index contributed by atoms with van der Waals surface area (Å²) in [5, 5.41) is 27.4. The van der Waals surface area contributed by atoms with Gasteiger partial charge >= 0.3 is 12.3 Å². The van der Waals surface area contributed by atoms with Gasteiger partial charge in [0.15, 0.2) is 5.82 Å². The van der Waals surface area contributed by atoms with Gasteiger partial charge in [-0.1, -0.05) is 6.92 Å². The van der Waals surface area contributed by atoms with E-state index in [0.717, 1.165) is 32.0 Å². The number of carbonyl (C=O) groups is 2. The lowest BCUT2D eigenvalue weighted by Crippen LogP contribution is -2.38. The van der Waals surface area contributed by atoms with Gasteiger partial charge in [0.1, 0.15) is 23.6 Å². The molecule has 1 atom stereocenters. The Kier molecular flexibility index (Phi) is 11.0. The third-order valence-electron chi connectivity index (χ3n) is 9.60. The summed E-state index contributed by atoms with van der Waals surface area (Å²) in [5.74, 6) is 0.210. The highest BCUT2D eigenvalue weighted by Crippen LogP contribution is 2.42. The zero-order chi connectivity index (χ0) is 39.7. The number of fused-ring (bicyclic) bond motifs is 1. The predicted octanol–water partition coefficient (Wildman–Crippen LogP) is 7.87. The second-order valence-corrected chi connectivity index (χ2v) is 15.1. The van der Waals surface area contributed by atoms with Crippen LogP contribution in [0.3, 0.4) is 0 Å². The summed E-state index contributed by atoms with van der Waals surface area (Å²) in [7, 11) is 1.75. The fourth-order valence-electron chi connectivity index (χ4n) is 7.13. The molecular weight excluding hydrogens is 711 g/mol. The first-order valence-corrected chi connectivity index (χ1v) is 18.1. The quantitative estimate of drug-likeness (QED) is 0.156. The summed E-state index contributed by atoms with van der Waals surface area (Å²) < 4.78 is 51.7. The van der Waals surface area contributed by atoms with Crippen LogP contribution in [0.15, 0.2) is 48.8 Å². The average molecular weight is 754 g/mol. The van der Waals surface area contributed by atoms with Crippen LogP contribution in [0, 0.1) is 28.6 Å². The molecule has 0 aliphatic carbocycles. The third-order valence-corrected chi connectivity index (χ3v) is 9.60. The van der Waals surface area contributed by atoms with Crippen molar-refractivity contribution in [3.05, 3.63) is 76.6 Å². The number of rotatable bonds is 9. The molecule has 6 rings (SSSR count). The van der Waals surface area contributed by atoms with Crippen molar-refractivity contribution in [2.75, 3.05) is 29.4 Å². The Morgan fingerprint density at radius 3 is 2.51 bits per heavy atom. The number of alkyl halides is 3. The van der Waals surface area contributed by atoms with Crippen LogP contribution in [0.4, 0.5) is 29.6 Å². The minimum atomic E-state index is -4.73. The second kappa shape index (κ2) is 15.5. The van der Waals surface area contributed by atoms with Gasteiger partial charge in [-0.2, -0.15) is 23.7 Å². The number of aromatic nitrogens is 4. The minimum Gasteiger partial charge on any atom is -0.443 e. The van der Waals surface area contributed by atoms with Crippen LogP contribution in [-0.2, 0) is 31.1 Å². The number of hydrogen-bond acceptors (Lipinski definition) is 9. The summed E-state index contributed by atoms with van der Waals surface area (Å²) in [5.41, 5.74) is 0.108. The summed E-state index contributed by atoms with van der Waals surface area (Å²) in [6.45, 7) is 8.60. The lowest BCUT2D eigenvalue weighted by Gasteiger charge is -2.31. The number of carbonyl (C=O) groups excluding carboxylic acids is 2. The number of hydrogen-bond donors (Lipinski definition) is 0. The largest absolute Gasteiger partial charge is 0.443 e. The van der Waals surface area contributed by atoms with Gasteiger partial charge in [-0.25, -0.2) is 9.78 Å². The number of ether oxygens (including phenoxy) is 1. The Balaban J connectivity index is 1.52. The average Bonchev–Trinajstić information content (AvgIpc) is 3.70. The zero-order valence-corrected chi connectivity index (χ0v) is 31.4. The van der Waals surface area contributed by atoms with Crippen LogP contribution < -0.4 is 9.80 Å². The maximum Gasteiger partial charge on any atom is 0.416 e. The SMILES string of the molecule is C[C@H]1CCCN(Cc2cc3c(c(C(F)(F)F)c2)CN(c2cc(-c4cc(C#N)ccc4-c4nncn4C)cc(N(CCCC#N)C(=O)OC(C)(C)C)n2)C3=O)C1. The van der Waals surface area contributed by atoms with Crippen LogP contribution in [0.25, 0.3) is 22.5 Å². The molecule has 286 valence electrons. The standard InChI is InChI=1S/C40H42F3N9O3/c1-25-9-8-13-50(21-25)22-27-16-31-32(33(17-27)40(41,42)43)23-52(37(31)53)35-19-28(30-15-26(20-45)10-11-29(30)36-48-46-24-49(36)5)18-34(47-35)51(14-7-6-12-44)38(54)55-39(2,3)4/h10-11,15-19,24-25H,6-9,13-14,21-23H2,1-5H3/t25-/m0/s1. The van der Waals surface area contributed by atoms with E-state index in [9.17, 15) is 33.3 Å². The molecule has 0 unspecified atom stereocenters. The summed E-state index contributed by atoms with van der Waals surface area (Å²) in [6, 6.07) is 15.0. The van der Waals surface area contributed by atoms with Crippen molar-refractivity contribution in [2.24, 2.45) is 13.0 Å². The first-order valence-electron chi connectivity index (χ1n) is 18.1. The Morgan fingerprint density at radius 2 is 1.85 bits per heavy atom. The molecule has 15 heteroatoms. The van der Waals surface area contributed by atoms with Crippen molar-refractivity contribution in [1.82, 2.24) is 24.6 Å². The van der Waals surface area contributed by atoms with Gasteiger partial charge in [0, 0.05) is 44.2 Å². The predicted molar refractivity (Wildman–Crippen MR) is 198 cm³/mol. The van der Waals surface area contributed by atoms with Crippen molar-refractivity contribution >= 4 is 23.6 Å². The van der Waals surface area contributed by atoms with Crippen molar-refractivity contribution in [3.63, 3.8) is 0 Å². The lowest BCUT2D eigenvalue weighted by molar-refractivity contribution is -0.138. The second-order valence-electron chi connectivity index (χ2n) is 15.1. The Morgan fingerprint density at radius 1 is 1.07 bits per heavy atom. The smallest absolute Gasteiger partial charge is 0.416 e. The van der Waals surface area contributed by atoms with Gasteiger partial charge in [-0.3, -0.25) is 19.5 Å². The van der Waals surface area contributed by atoms with E-state index in [1.165, 1.54) is 16.1 Å². The highest BCUT2D eigenvalue weighted by molar-refractivity contribution is 6.10. The number of amides is 2. The number of piperidine rings is 1. The number of halogens is 3. The normalized spacial score (nSPS) is 16.1. The zero-order valence-electron chi connectivity index (χ0n) is 31.4. The van der Waals surface area contributed by atoms with Crippen LogP contribution in [0.5, 0.6) is 0 Å². The molecule has 2 amide bonds. The van der Waals surface area contributed by atoms with E-state index in [1.54, 1.807) is 68.8 Å². The number of aryl methyl sites for hydroxylation is 1. The monoisotopic (exact) mass is 753 g/mol. The summed E-state index contributed by atoms with van der Waals surface area (Å²) in [4.78, 5) is 37.4. The molecule has 1 saturated heterocycles. The molecule has 1 fully saturated rings. The van der Waals surface area contributed by atoms with E-state index >= 15 is 0 Å². The van der Waals surface area contributed by atoms with Crippen LogP contribution in [0.1, 0.15) is 86.0 Å². The fourth-order valence-corrected chi connectivity index (χ4v) is 7.13. The number of likely N-dealkylation sites (tertiary alicyclic amines) is 1. The number of nitriles is 2. The molecule has 2 aromatic heterocycles. The maximum absolute atomic E-state index is 14.8. The molecule has 2 aliphatic rings. The molecule has 0 spiro atoms. The number of unbranched alkanes of at least 4 members (excludes halogenated alkanes) is 1. The number of nitrogens with zero attached hydrogens (tertiary/aromatic N) is 9. The highest BCUT2D eigenvalue weighted by atomic mass is 19.4. The number of anilines is 2. The summed E-state index contributed by atoms with van der Waals surface area (Å²) in [6.07, 6.45) is -1.62. The van der Waals surface area contributed by atoms with Crippen LogP contribution in [-0.4, -0.2) is 61.9 Å². The van der Waals surface area contributed by atoms with Gasteiger partial charge in [0.25, 0.3) is 5.91 Å². The van der Waals surface area contributed by atoms with Crippen molar-refractivity contribution in [3.8, 4) is 34.7 Å². The van der Waals surface area contributed by atoms with Crippen LogP contribution >= 0.6 is 0 Å². The number of benzene rings is 2. The molecular formula is C40H42F3N9O3. The first kappa shape index (κ1) is 38.9. The van der Waals surface area contributed by atoms with Crippen molar-refractivity contribution < 1.29 is 27.5 Å². The topological polar surface area (TPSA) is 144 Å². The highest BCUT2D eigenvalue weighted by Gasteiger charge is 2.41.